The van der Waals surface area contributed by atoms with Gasteiger partial charge in [-0.15, -0.1) is 0 Å². The van der Waals surface area contributed by atoms with E-state index in [4.69, 9.17) is 0 Å². The van der Waals surface area contributed by atoms with Gasteiger partial charge in [0.15, 0.2) is 0 Å². The normalized spacial score (nSPS) is 21.2. The van der Waals surface area contributed by atoms with Gasteiger partial charge in [-0.1, -0.05) is 46.5 Å². The minimum absolute atomic E-state index is 0.947. The molecule has 0 aromatic carbocycles. The number of rotatable bonds is 7. The summed E-state index contributed by atoms with van der Waals surface area (Å²) in [4.78, 5) is 2.69. The Hall–Kier alpha value is -0.0400. The summed E-state index contributed by atoms with van der Waals surface area (Å²) in [7, 11) is 0. The molecule has 0 aromatic rings. The fraction of sp³-hybridized carbons (Fsp3) is 1.00. The van der Waals surface area contributed by atoms with Crippen LogP contribution in [0, 0.1) is 11.8 Å². The standard InChI is InChI=1S/C15H31N/c1-4-6-7-8-11-16-12-9-15(10-13-16)14(3)5-2/h14-15H,4-13H2,1-3H3. The molecule has 1 fully saturated rings. The van der Waals surface area contributed by atoms with Crippen LogP contribution < -0.4 is 0 Å². The van der Waals surface area contributed by atoms with Crippen molar-refractivity contribution in [2.75, 3.05) is 19.6 Å². The molecular weight excluding hydrogens is 194 g/mol. The fourth-order valence-corrected chi connectivity index (χ4v) is 2.84. The lowest BCUT2D eigenvalue weighted by Gasteiger charge is -2.34. The van der Waals surface area contributed by atoms with Gasteiger partial charge in [-0.3, -0.25) is 0 Å². The van der Waals surface area contributed by atoms with Crippen molar-refractivity contribution >= 4 is 0 Å². The molecule has 0 aromatic heterocycles. The topological polar surface area (TPSA) is 3.24 Å². The van der Waals surface area contributed by atoms with Gasteiger partial charge in [0.1, 0.15) is 0 Å². The minimum atomic E-state index is 0.947. The molecule has 0 spiro atoms. The highest BCUT2D eigenvalue weighted by Crippen LogP contribution is 2.26. The zero-order valence-corrected chi connectivity index (χ0v) is 11.7. The molecule has 96 valence electrons. The lowest BCUT2D eigenvalue weighted by atomic mass is 9.84. The first kappa shape index (κ1) is 14.0. The summed E-state index contributed by atoms with van der Waals surface area (Å²) >= 11 is 0. The molecule has 0 N–H and O–H groups in total. The SMILES string of the molecule is CCCCCCN1CCC(C(C)CC)CC1. The number of piperidine rings is 1. The van der Waals surface area contributed by atoms with E-state index in [0.717, 1.165) is 11.8 Å². The predicted octanol–water partition coefficient (Wildman–Crippen LogP) is 4.32. The lowest BCUT2D eigenvalue weighted by molar-refractivity contribution is 0.148. The summed E-state index contributed by atoms with van der Waals surface area (Å²) in [6.45, 7) is 11.1. The molecule has 0 bridgehead atoms. The van der Waals surface area contributed by atoms with Crippen LogP contribution in [0.15, 0.2) is 0 Å². The van der Waals surface area contributed by atoms with Crippen molar-refractivity contribution in [2.45, 2.75) is 65.7 Å². The van der Waals surface area contributed by atoms with Crippen LogP contribution >= 0.6 is 0 Å². The highest BCUT2D eigenvalue weighted by molar-refractivity contribution is 4.75. The number of unbranched alkanes of at least 4 members (excludes halogenated alkanes) is 3. The summed E-state index contributed by atoms with van der Waals surface area (Å²) in [5.41, 5.74) is 0. The van der Waals surface area contributed by atoms with E-state index in [1.54, 1.807) is 0 Å². The maximum atomic E-state index is 2.69. The molecule has 1 heterocycles. The number of hydrogen-bond acceptors (Lipinski definition) is 1. The van der Waals surface area contributed by atoms with Crippen LogP contribution in [0.5, 0.6) is 0 Å². The van der Waals surface area contributed by atoms with Gasteiger partial charge < -0.3 is 4.90 Å². The third-order valence-corrected chi connectivity index (χ3v) is 4.41. The Labute approximate surface area is 103 Å². The average molecular weight is 225 g/mol. The summed E-state index contributed by atoms with van der Waals surface area (Å²) < 4.78 is 0. The molecule has 0 saturated carbocycles. The van der Waals surface area contributed by atoms with Gasteiger partial charge in [0.2, 0.25) is 0 Å². The Morgan fingerprint density at radius 2 is 1.75 bits per heavy atom. The molecule has 0 amide bonds. The fourth-order valence-electron chi connectivity index (χ4n) is 2.84. The second kappa shape index (κ2) is 8.11. The van der Waals surface area contributed by atoms with Crippen LogP contribution in [0.2, 0.25) is 0 Å². The molecule has 0 aliphatic carbocycles. The Bertz CT molecular complexity index is 159. The van der Waals surface area contributed by atoms with E-state index < -0.39 is 0 Å². The largest absolute Gasteiger partial charge is 0.303 e. The van der Waals surface area contributed by atoms with Gasteiger partial charge in [0.25, 0.3) is 0 Å². The van der Waals surface area contributed by atoms with Gasteiger partial charge in [-0.25, -0.2) is 0 Å². The third-order valence-electron chi connectivity index (χ3n) is 4.41. The predicted molar refractivity (Wildman–Crippen MR) is 72.8 cm³/mol. The summed E-state index contributed by atoms with van der Waals surface area (Å²) in [6.07, 6.45) is 9.88. The first-order valence-electron chi connectivity index (χ1n) is 7.50. The van der Waals surface area contributed by atoms with Gasteiger partial charge in [0, 0.05) is 0 Å². The van der Waals surface area contributed by atoms with E-state index in [0.29, 0.717) is 0 Å². The average Bonchev–Trinajstić information content (AvgIpc) is 2.34. The second-order valence-corrected chi connectivity index (χ2v) is 5.63. The van der Waals surface area contributed by atoms with Gasteiger partial charge in [-0.05, 0) is 50.7 Å². The first-order chi connectivity index (χ1) is 7.77. The smallest absolute Gasteiger partial charge is 0.00160 e. The maximum Gasteiger partial charge on any atom is -0.00160 e. The van der Waals surface area contributed by atoms with Crippen LogP contribution in [0.4, 0.5) is 0 Å². The second-order valence-electron chi connectivity index (χ2n) is 5.63. The minimum Gasteiger partial charge on any atom is -0.303 e. The number of nitrogens with zero attached hydrogens (tertiary/aromatic N) is 1. The molecule has 1 aliphatic heterocycles. The third kappa shape index (κ3) is 4.86. The molecule has 1 unspecified atom stereocenters. The highest BCUT2D eigenvalue weighted by atomic mass is 15.1. The molecule has 1 heteroatoms. The van der Waals surface area contributed by atoms with E-state index in [1.807, 2.05) is 0 Å². The van der Waals surface area contributed by atoms with Crippen LogP contribution in [-0.4, -0.2) is 24.5 Å². The van der Waals surface area contributed by atoms with E-state index in [-0.39, 0.29) is 0 Å². The molecule has 16 heavy (non-hydrogen) atoms. The van der Waals surface area contributed by atoms with Crippen LogP contribution in [-0.2, 0) is 0 Å². The number of likely N-dealkylation sites (tertiary alicyclic amines) is 1. The molecular formula is C15H31N. The van der Waals surface area contributed by atoms with E-state index in [1.165, 1.54) is 64.6 Å². The summed E-state index contributed by atoms with van der Waals surface area (Å²) in [6, 6.07) is 0. The molecule has 0 radical (unpaired) electrons. The Kier molecular flexibility index (Phi) is 7.11. The Morgan fingerprint density at radius 3 is 2.31 bits per heavy atom. The molecule has 1 aliphatic rings. The van der Waals surface area contributed by atoms with Crippen molar-refractivity contribution < 1.29 is 0 Å². The van der Waals surface area contributed by atoms with E-state index in [9.17, 15) is 0 Å². The molecule has 1 saturated heterocycles. The summed E-state index contributed by atoms with van der Waals surface area (Å²) in [5.74, 6) is 1.96. The van der Waals surface area contributed by atoms with Crippen molar-refractivity contribution in [3.63, 3.8) is 0 Å². The highest BCUT2D eigenvalue weighted by Gasteiger charge is 2.22. The zero-order valence-electron chi connectivity index (χ0n) is 11.7. The Balaban J connectivity index is 2.07. The van der Waals surface area contributed by atoms with Gasteiger partial charge in [0.05, 0.1) is 0 Å². The molecule has 1 rings (SSSR count). The molecule has 1 atom stereocenters. The van der Waals surface area contributed by atoms with Crippen LogP contribution in [0.3, 0.4) is 0 Å². The maximum absolute atomic E-state index is 2.69. The molecule has 1 nitrogen and oxygen atoms in total. The first-order valence-corrected chi connectivity index (χ1v) is 7.50. The van der Waals surface area contributed by atoms with Crippen molar-refractivity contribution in [2.24, 2.45) is 11.8 Å². The van der Waals surface area contributed by atoms with Crippen molar-refractivity contribution in [3.05, 3.63) is 0 Å². The van der Waals surface area contributed by atoms with Crippen molar-refractivity contribution in [1.82, 2.24) is 4.90 Å². The number of hydrogen-bond donors (Lipinski definition) is 0. The monoisotopic (exact) mass is 225 g/mol. The van der Waals surface area contributed by atoms with Crippen LogP contribution in [0.25, 0.3) is 0 Å². The van der Waals surface area contributed by atoms with Crippen molar-refractivity contribution in [3.8, 4) is 0 Å². The van der Waals surface area contributed by atoms with E-state index in [2.05, 4.69) is 25.7 Å². The quantitative estimate of drug-likeness (QED) is 0.583. The van der Waals surface area contributed by atoms with Crippen LogP contribution in [0.1, 0.15) is 65.7 Å². The Morgan fingerprint density at radius 1 is 1.06 bits per heavy atom. The zero-order chi connectivity index (χ0) is 11.8. The van der Waals surface area contributed by atoms with Gasteiger partial charge >= 0.3 is 0 Å². The lowest BCUT2D eigenvalue weighted by Crippen LogP contribution is -2.36. The summed E-state index contributed by atoms with van der Waals surface area (Å²) in [5, 5.41) is 0. The van der Waals surface area contributed by atoms with Crippen molar-refractivity contribution in [1.29, 1.82) is 0 Å². The van der Waals surface area contributed by atoms with E-state index >= 15 is 0 Å². The van der Waals surface area contributed by atoms with Gasteiger partial charge in [-0.2, -0.15) is 0 Å².